The normalized spacial score (nSPS) is 11.0. The number of carbonyl (C=O) groups excluding carboxylic acids is 1. The van der Waals surface area contributed by atoms with Gasteiger partial charge in [0, 0.05) is 11.9 Å². The van der Waals surface area contributed by atoms with Crippen LogP contribution in [0.2, 0.25) is 0 Å². The molecule has 1 amide bonds. The van der Waals surface area contributed by atoms with Gasteiger partial charge < -0.3 is 10.1 Å². The van der Waals surface area contributed by atoms with Crippen molar-refractivity contribution in [2.75, 3.05) is 11.9 Å². The summed E-state index contributed by atoms with van der Waals surface area (Å²) in [6.07, 6.45) is -1.66. The third-order valence-electron chi connectivity index (χ3n) is 3.96. The average molecular weight is 400 g/mol. The molecule has 0 saturated carbocycles. The van der Waals surface area contributed by atoms with E-state index in [9.17, 15) is 23.2 Å². The third kappa shape index (κ3) is 4.55. The number of carbonyl (C=O) groups is 1. The molecule has 1 heterocycles. The predicted octanol–water partition coefficient (Wildman–Crippen LogP) is 4.41. The molecule has 0 unspecified atom stereocenters. The maximum absolute atomic E-state index is 12.6. The molecule has 0 spiro atoms. The molecule has 0 fully saturated rings. The van der Waals surface area contributed by atoms with Gasteiger partial charge in [0.15, 0.2) is 0 Å². The SMILES string of the molecule is CCOc1ccc(-n2cc(C(=O)Nc3ccc(C(F)(F)F)cc3)cn2)cc1C#N. The van der Waals surface area contributed by atoms with Gasteiger partial charge in [0.25, 0.3) is 5.91 Å². The van der Waals surface area contributed by atoms with Crippen LogP contribution in [0.3, 0.4) is 0 Å². The molecule has 0 saturated heterocycles. The van der Waals surface area contributed by atoms with Crippen molar-refractivity contribution in [1.29, 1.82) is 5.26 Å². The quantitative estimate of drug-likeness (QED) is 0.688. The second-order valence-corrected chi connectivity index (χ2v) is 5.93. The molecule has 0 aliphatic rings. The van der Waals surface area contributed by atoms with E-state index in [-0.39, 0.29) is 11.3 Å². The molecule has 9 heteroatoms. The standard InChI is InChI=1S/C20H15F3N4O2/c1-2-29-18-8-7-17(9-13(18)10-24)27-12-14(11-25-27)19(28)26-16-5-3-15(4-6-16)20(21,22)23/h3-9,11-12H,2H2,1H3,(H,26,28). The van der Waals surface area contributed by atoms with E-state index in [0.29, 0.717) is 23.6 Å². The van der Waals surface area contributed by atoms with E-state index in [1.807, 2.05) is 13.0 Å². The lowest BCUT2D eigenvalue weighted by Crippen LogP contribution is -2.11. The number of hydrogen-bond donors (Lipinski definition) is 1. The number of nitrogens with zero attached hydrogens (tertiary/aromatic N) is 3. The van der Waals surface area contributed by atoms with E-state index in [1.54, 1.807) is 18.2 Å². The van der Waals surface area contributed by atoms with Crippen molar-refractivity contribution in [3.05, 3.63) is 71.5 Å². The van der Waals surface area contributed by atoms with Crippen LogP contribution in [0.5, 0.6) is 5.75 Å². The van der Waals surface area contributed by atoms with Crippen molar-refractivity contribution in [1.82, 2.24) is 9.78 Å². The van der Waals surface area contributed by atoms with Crippen molar-refractivity contribution >= 4 is 11.6 Å². The minimum absolute atomic E-state index is 0.206. The van der Waals surface area contributed by atoms with Gasteiger partial charge in [0.2, 0.25) is 0 Å². The highest BCUT2D eigenvalue weighted by molar-refractivity contribution is 6.04. The maximum atomic E-state index is 12.6. The molecule has 0 bridgehead atoms. The molecule has 3 rings (SSSR count). The van der Waals surface area contributed by atoms with Crippen molar-refractivity contribution in [3.63, 3.8) is 0 Å². The first-order chi connectivity index (χ1) is 13.8. The van der Waals surface area contributed by atoms with Crippen molar-refractivity contribution < 1.29 is 22.7 Å². The Morgan fingerprint density at radius 1 is 1.24 bits per heavy atom. The second-order valence-electron chi connectivity index (χ2n) is 5.93. The van der Waals surface area contributed by atoms with Crippen LogP contribution in [0, 0.1) is 11.3 Å². The number of benzene rings is 2. The van der Waals surface area contributed by atoms with Gasteiger partial charge in [0.05, 0.1) is 35.2 Å². The van der Waals surface area contributed by atoms with Crippen molar-refractivity contribution in [3.8, 4) is 17.5 Å². The molecule has 1 N–H and O–H groups in total. The molecule has 148 valence electrons. The van der Waals surface area contributed by atoms with E-state index in [2.05, 4.69) is 10.4 Å². The first kappa shape index (κ1) is 19.9. The fourth-order valence-corrected chi connectivity index (χ4v) is 2.56. The zero-order valence-electron chi connectivity index (χ0n) is 15.2. The van der Waals surface area contributed by atoms with Gasteiger partial charge in [-0.1, -0.05) is 0 Å². The monoisotopic (exact) mass is 400 g/mol. The zero-order valence-corrected chi connectivity index (χ0v) is 15.2. The summed E-state index contributed by atoms with van der Waals surface area (Å²) in [4.78, 5) is 12.3. The summed E-state index contributed by atoms with van der Waals surface area (Å²) in [7, 11) is 0. The number of nitrogens with one attached hydrogen (secondary N) is 1. The van der Waals surface area contributed by atoms with Crippen molar-refractivity contribution in [2.45, 2.75) is 13.1 Å². The number of hydrogen-bond acceptors (Lipinski definition) is 4. The van der Waals surface area contributed by atoms with Crippen LogP contribution in [-0.4, -0.2) is 22.3 Å². The lowest BCUT2D eigenvalue weighted by Gasteiger charge is -2.08. The summed E-state index contributed by atoms with van der Waals surface area (Å²) < 4.78 is 44.6. The van der Waals surface area contributed by atoms with Crippen LogP contribution in [0.15, 0.2) is 54.9 Å². The molecule has 2 aromatic carbocycles. The Balaban J connectivity index is 1.76. The van der Waals surface area contributed by atoms with Gasteiger partial charge in [-0.15, -0.1) is 0 Å². The van der Waals surface area contributed by atoms with Crippen LogP contribution in [0.1, 0.15) is 28.4 Å². The van der Waals surface area contributed by atoms with Gasteiger partial charge >= 0.3 is 6.18 Å². The number of aromatic nitrogens is 2. The fourth-order valence-electron chi connectivity index (χ4n) is 2.56. The minimum atomic E-state index is -4.44. The summed E-state index contributed by atoms with van der Waals surface area (Å²) >= 11 is 0. The zero-order chi connectivity index (χ0) is 21.0. The highest BCUT2D eigenvalue weighted by Gasteiger charge is 2.30. The van der Waals surface area contributed by atoms with E-state index in [1.165, 1.54) is 29.2 Å². The van der Waals surface area contributed by atoms with Gasteiger partial charge in [-0.05, 0) is 49.4 Å². The Kier molecular flexibility index (Phi) is 5.54. The largest absolute Gasteiger partial charge is 0.492 e. The molecule has 0 aliphatic heterocycles. The van der Waals surface area contributed by atoms with Crippen LogP contribution in [0.25, 0.3) is 5.69 Å². The Morgan fingerprint density at radius 3 is 2.59 bits per heavy atom. The topological polar surface area (TPSA) is 79.9 Å². The Morgan fingerprint density at radius 2 is 1.97 bits per heavy atom. The first-order valence-electron chi connectivity index (χ1n) is 8.52. The summed E-state index contributed by atoms with van der Waals surface area (Å²) in [5.74, 6) is -0.0753. The summed E-state index contributed by atoms with van der Waals surface area (Å²) in [6.45, 7) is 2.23. The summed E-state index contributed by atoms with van der Waals surface area (Å²) in [6, 6.07) is 11.1. The lowest BCUT2D eigenvalue weighted by molar-refractivity contribution is -0.137. The van der Waals surface area contributed by atoms with Gasteiger partial charge in [-0.25, -0.2) is 4.68 Å². The van der Waals surface area contributed by atoms with Gasteiger partial charge in [-0.3, -0.25) is 4.79 Å². The van der Waals surface area contributed by atoms with E-state index in [4.69, 9.17) is 4.74 Å². The second kappa shape index (κ2) is 8.06. The number of anilines is 1. The molecular formula is C20H15F3N4O2. The molecule has 3 aromatic rings. The number of amides is 1. The number of rotatable bonds is 5. The Hall–Kier alpha value is -3.80. The highest BCUT2D eigenvalue weighted by Crippen LogP contribution is 2.30. The molecule has 29 heavy (non-hydrogen) atoms. The van der Waals surface area contributed by atoms with E-state index < -0.39 is 17.6 Å². The maximum Gasteiger partial charge on any atom is 0.416 e. The molecule has 0 atom stereocenters. The Labute approximate surface area is 164 Å². The molecule has 0 aliphatic carbocycles. The third-order valence-corrected chi connectivity index (χ3v) is 3.96. The van der Waals surface area contributed by atoms with Crippen LogP contribution in [-0.2, 0) is 6.18 Å². The van der Waals surface area contributed by atoms with Crippen LogP contribution < -0.4 is 10.1 Å². The predicted molar refractivity (Wildman–Crippen MR) is 98.8 cm³/mol. The number of alkyl halides is 3. The number of nitriles is 1. The molecule has 1 aromatic heterocycles. The Bertz CT molecular complexity index is 1070. The smallest absolute Gasteiger partial charge is 0.416 e. The van der Waals surface area contributed by atoms with Crippen LogP contribution >= 0.6 is 0 Å². The summed E-state index contributed by atoms with van der Waals surface area (Å²) in [5, 5.41) is 15.9. The summed E-state index contributed by atoms with van der Waals surface area (Å²) in [5.41, 5.74) is 0.516. The molecular weight excluding hydrogens is 385 g/mol. The molecule has 6 nitrogen and oxygen atoms in total. The van der Waals surface area contributed by atoms with Gasteiger partial charge in [-0.2, -0.15) is 23.5 Å². The highest BCUT2D eigenvalue weighted by atomic mass is 19.4. The molecule has 0 radical (unpaired) electrons. The first-order valence-corrected chi connectivity index (χ1v) is 8.52. The lowest BCUT2D eigenvalue weighted by atomic mass is 10.2. The average Bonchev–Trinajstić information content (AvgIpc) is 3.18. The van der Waals surface area contributed by atoms with Crippen molar-refractivity contribution in [2.24, 2.45) is 0 Å². The van der Waals surface area contributed by atoms with Gasteiger partial charge in [0.1, 0.15) is 11.8 Å². The van der Waals surface area contributed by atoms with E-state index in [0.717, 1.165) is 12.1 Å². The number of halogens is 3. The minimum Gasteiger partial charge on any atom is -0.492 e. The number of ether oxygens (including phenoxy) is 1. The fraction of sp³-hybridized carbons (Fsp3) is 0.150. The van der Waals surface area contributed by atoms with Crippen LogP contribution in [0.4, 0.5) is 18.9 Å². The van der Waals surface area contributed by atoms with E-state index >= 15 is 0 Å².